The number of carbonyl (C=O) groups is 1. The Labute approximate surface area is 219 Å². The van der Waals surface area contributed by atoms with E-state index in [1.54, 1.807) is 18.3 Å². The minimum atomic E-state index is -3.78. The van der Waals surface area contributed by atoms with Gasteiger partial charge in [-0.05, 0) is 60.3 Å². The van der Waals surface area contributed by atoms with Crippen molar-refractivity contribution in [2.75, 3.05) is 26.2 Å². The van der Waals surface area contributed by atoms with Gasteiger partial charge in [0.15, 0.2) is 11.3 Å². The fourth-order valence-corrected chi connectivity index (χ4v) is 6.84. The molecule has 13 heteroatoms. The van der Waals surface area contributed by atoms with Crippen molar-refractivity contribution in [1.29, 1.82) is 0 Å². The highest BCUT2D eigenvalue weighted by atomic mass is 32.2. The Morgan fingerprint density at radius 1 is 1.00 bits per heavy atom. The molecule has 6 rings (SSSR count). The van der Waals surface area contributed by atoms with Crippen LogP contribution in [-0.2, 0) is 20.2 Å². The van der Waals surface area contributed by atoms with Crippen LogP contribution in [0, 0.1) is 5.92 Å². The average molecular weight is 538 g/mol. The fourth-order valence-electron chi connectivity index (χ4n) is 5.24. The molecule has 5 heterocycles. The maximum Gasteiger partial charge on any atom is 0.276 e. The summed E-state index contributed by atoms with van der Waals surface area (Å²) in [6.45, 7) is 3.80. The number of rotatable bonds is 5. The van der Waals surface area contributed by atoms with E-state index in [4.69, 9.17) is 9.15 Å². The first-order chi connectivity index (χ1) is 18.3. The number of pyridine rings is 1. The number of hydrogen-bond acceptors (Lipinski definition) is 10. The van der Waals surface area contributed by atoms with Crippen molar-refractivity contribution in [2.24, 2.45) is 5.92 Å². The zero-order valence-corrected chi connectivity index (χ0v) is 21.7. The Hall–Kier alpha value is -3.71. The summed E-state index contributed by atoms with van der Waals surface area (Å²) in [6.07, 6.45) is 4.04. The first kappa shape index (κ1) is 24.6. The standard InChI is InChI=1S/C25H27N7O5S/c1-25(24-27-22(36-30-24)19-5-2-3-12-26-19)10-15-31(16-11-25)23(33)17-8-13-32(14-9-17)38(34,35)20-7-4-6-18-21(20)29-37-28-18/h2-7,12,17H,8-11,13-16H2,1H3. The van der Waals surface area contributed by atoms with E-state index >= 15 is 0 Å². The molecule has 1 aromatic carbocycles. The second-order valence-corrected chi connectivity index (χ2v) is 12.0. The molecule has 3 aromatic heterocycles. The Bertz CT molecular complexity index is 1550. The highest BCUT2D eigenvalue weighted by Crippen LogP contribution is 2.35. The third-order valence-electron chi connectivity index (χ3n) is 7.70. The van der Waals surface area contributed by atoms with Crippen molar-refractivity contribution in [1.82, 2.24) is 34.6 Å². The molecule has 2 fully saturated rings. The summed E-state index contributed by atoms with van der Waals surface area (Å²) in [5.74, 6) is 0.879. The topological polar surface area (TPSA) is 148 Å². The minimum Gasteiger partial charge on any atom is -0.342 e. The molecule has 0 N–H and O–H groups in total. The number of fused-ring (bicyclic) bond motifs is 1. The third-order valence-corrected chi connectivity index (χ3v) is 9.63. The van der Waals surface area contributed by atoms with Crippen LogP contribution in [-0.4, -0.2) is 75.1 Å². The molecular weight excluding hydrogens is 510 g/mol. The van der Waals surface area contributed by atoms with E-state index < -0.39 is 10.0 Å². The quantitative estimate of drug-likeness (QED) is 0.372. The van der Waals surface area contributed by atoms with E-state index in [-0.39, 0.29) is 40.7 Å². The molecule has 0 radical (unpaired) electrons. The fraction of sp³-hybridized carbons (Fsp3) is 0.440. The molecule has 198 valence electrons. The van der Waals surface area contributed by atoms with Gasteiger partial charge in [0.1, 0.15) is 16.1 Å². The second-order valence-electron chi connectivity index (χ2n) is 10.1. The summed E-state index contributed by atoms with van der Waals surface area (Å²) < 4.78 is 38.1. The lowest BCUT2D eigenvalue weighted by Gasteiger charge is -2.40. The van der Waals surface area contributed by atoms with E-state index in [0.717, 1.165) is 0 Å². The minimum absolute atomic E-state index is 0.0732. The van der Waals surface area contributed by atoms with E-state index in [2.05, 4.69) is 32.4 Å². The number of nitrogens with zero attached hydrogens (tertiary/aromatic N) is 7. The van der Waals surface area contributed by atoms with Gasteiger partial charge in [-0.15, -0.1) is 0 Å². The lowest BCUT2D eigenvalue weighted by molar-refractivity contribution is -0.138. The van der Waals surface area contributed by atoms with Crippen LogP contribution in [0.25, 0.3) is 22.6 Å². The monoisotopic (exact) mass is 537 g/mol. The molecule has 0 atom stereocenters. The van der Waals surface area contributed by atoms with Crippen LogP contribution in [0.1, 0.15) is 38.4 Å². The van der Waals surface area contributed by atoms with Crippen LogP contribution in [0.4, 0.5) is 0 Å². The van der Waals surface area contributed by atoms with Gasteiger partial charge in [-0.2, -0.15) is 9.29 Å². The third kappa shape index (κ3) is 4.35. The van der Waals surface area contributed by atoms with Crippen molar-refractivity contribution in [3.05, 3.63) is 48.4 Å². The SMILES string of the molecule is CC1(c2noc(-c3ccccn3)n2)CCN(C(=O)C2CCN(S(=O)(=O)c3cccc4nonc34)CC2)CC1. The van der Waals surface area contributed by atoms with Gasteiger partial charge in [-0.3, -0.25) is 9.78 Å². The van der Waals surface area contributed by atoms with Gasteiger partial charge in [0.05, 0.1) is 0 Å². The Morgan fingerprint density at radius 2 is 1.79 bits per heavy atom. The number of aromatic nitrogens is 5. The van der Waals surface area contributed by atoms with Crippen LogP contribution in [0.2, 0.25) is 0 Å². The molecular formula is C25H27N7O5S. The van der Waals surface area contributed by atoms with Crippen LogP contribution >= 0.6 is 0 Å². The molecule has 2 aliphatic rings. The number of likely N-dealkylation sites (tertiary alicyclic amines) is 1. The zero-order valence-electron chi connectivity index (χ0n) is 20.9. The lowest BCUT2D eigenvalue weighted by atomic mass is 9.79. The van der Waals surface area contributed by atoms with Crippen LogP contribution in [0.5, 0.6) is 0 Å². The highest BCUT2D eigenvalue weighted by molar-refractivity contribution is 7.89. The first-order valence-electron chi connectivity index (χ1n) is 12.6. The number of carbonyl (C=O) groups excluding carboxylic acids is 1. The summed E-state index contributed by atoms with van der Waals surface area (Å²) in [6, 6.07) is 10.3. The smallest absolute Gasteiger partial charge is 0.276 e. The molecule has 12 nitrogen and oxygen atoms in total. The predicted molar refractivity (Wildman–Crippen MR) is 134 cm³/mol. The molecule has 4 aromatic rings. The van der Waals surface area contributed by atoms with Gasteiger partial charge in [0.25, 0.3) is 5.89 Å². The normalized spacial score (nSPS) is 19.1. The zero-order chi connectivity index (χ0) is 26.3. The molecule has 1 amide bonds. The maximum absolute atomic E-state index is 13.3. The van der Waals surface area contributed by atoms with Crippen molar-refractivity contribution < 1.29 is 22.4 Å². The molecule has 0 unspecified atom stereocenters. The number of hydrogen-bond donors (Lipinski definition) is 0. The van der Waals surface area contributed by atoms with Crippen LogP contribution in [0.3, 0.4) is 0 Å². The summed E-state index contributed by atoms with van der Waals surface area (Å²) in [7, 11) is -3.78. The van der Waals surface area contributed by atoms with Crippen molar-refractivity contribution in [3.63, 3.8) is 0 Å². The number of benzene rings is 1. The average Bonchev–Trinajstić information content (AvgIpc) is 3.64. The summed E-state index contributed by atoms with van der Waals surface area (Å²) >= 11 is 0. The molecule has 0 aliphatic carbocycles. The second kappa shape index (κ2) is 9.55. The number of amides is 1. The molecule has 0 bridgehead atoms. The summed E-state index contributed by atoms with van der Waals surface area (Å²) in [4.78, 5) is 24.1. The Morgan fingerprint density at radius 3 is 2.53 bits per heavy atom. The van der Waals surface area contributed by atoms with Gasteiger partial charge >= 0.3 is 0 Å². The van der Waals surface area contributed by atoms with Crippen molar-refractivity contribution in [3.8, 4) is 11.6 Å². The molecule has 0 spiro atoms. The Kier molecular flexibility index (Phi) is 6.19. The van der Waals surface area contributed by atoms with Gasteiger partial charge in [0, 0.05) is 43.7 Å². The molecule has 0 saturated carbocycles. The molecule has 2 saturated heterocycles. The van der Waals surface area contributed by atoms with E-state index in [1.165, 1.54) is 10.4 Å². The summed E-state index contributed by atoms with van der Waals surface area (Å²) in [5, 5.41) is 11.7. The summed E-state index contributed by atoms with van der Waals surface area (Å²) in [5.41, 5.74) is 0.935. The van der Waals surface area contributed by atoms with Gasteiger partial charge in [0.2, 0.25) is 15.9 Å². The van der Waals surface area contributed by atoms with Crippen LogP contribution < -0.4 is 0 Å². The van der Waals surface area contributed by atoms with Gasteiger partial charge in [-0.1, -0.05) is 24.2 Å². The van der Waals surface area contributed by atoms with E-state index in [9.17, 15) is 13.2 Å². The van der Waals surface area contributed by atoms with Crippen molar-refractivity contribution >= 4 is 27.0 Å². The largest absolute Gasteiger partial charge is 0.342 e. The van der Waals surface area contributed by atoms with Gasteiger partial charge in [-0.25, -0.2) is 13.0 Å². The van der Waals surface area contributed by atoms with Gasteiger partial charge < -0.3 is 9.42 Å². The number of sulfonamides is 1. The first-order valence-corrected chi connectivity index (χ1v) is 14.0. The molecule has 2 aliphatic heterocycles. The Balaban J connectivity index is 1.07. The lowest BCUT2D eigenvalue weighted by Crippen LogP contribution is -2.49. The predicted octanol–water partition coefficient (Wildman–Crippen LogP) is 2.65. The molecule has 38 heavy (non-hydrogen) atoms. The highest BCUT2D eigenvalue weighted by Gasteiger charge is 2.40. The van der Waals surface area contributed by atoms with E-state index in [0.29, 0.717) is 61.7 Å². The van der Waals surface area contributed by atoms with Crippen molar-refractivity contribution in [2.45, 2.75) is 42.9 Å². The number of piperidine rings is 2. The van der Waals surface area contributed by atoms with E-state index in [1.807, 2.05) is 23.1 Å². The van der Waals surface area contributed by atoms with Crippen LogP contribution in [0.15, 0.2) is 56.6 Å². The maximum atomic E-state index is 13.3.